The van der Waals surface area contributed by atoms with E-state index in [2.05, 4.69) is 25.0 Å². The molecule has 1 saturated carbocycles. The summed E-state index contributed by atoms with van der Waals surface area (Å²) in [5.74, 6) is -0.507. The molecule has 0 aromatic heterocycles. The van der Waals surface area contributed by atoms with Crippen LogP contribution in [0, 0.1) is 11.8 Å². The van der Waals surface area contributed by atoms with Crippen LogP contribution in [0.4, 0.5) is 4.79 Å². The predicted octanol–water partition coefficient (Wildman–Crippen LogP) is 2.56. The maximum Gasteiger partial charge on any atom is 0.407 e. The van der Waals surface area contributed by atoms with Crippen LogP contribution in [0.1, 0.15) is 25.7 Å². The number of hydrogen-bond donors (Lipinski definition) is 2. The van der Waals surface area contributed by atoms with E-state index in [1.54, 1.807) is 0 Å². The van der Waals surface area contributed by atoms with Crippen molar-refractivity contribution < 1.29 is 19.4 Å². The standard InChI is InChI=1S/C14H27NO4Si.K/c1-20(2,3)9-8-19-14(18)15-10-11-4-6-12(7-5-11)13(16)17;/h11-12H,4-10H2,1-3H3,(H,15,18)(H,16,17);/t11-,12-;. The Kier molecular flexibility index (Phi) is 10.7. The van der Waals surface area contributed by atoms with E-state index < -0.39 is 14.0 Å². The van der Waals surface area contributed by atoms with Crippen molar-refractivity contribution in [1.29, 1.82) is 0 Å². The van der Waals surface area contributed by atoms with Gasteiger partial charge in [0.1, 0.15) is 0 Å². The Labute approximate surface area is 171 Å². The summed E-state index contributed by atoms with van der Waals surface area (Å²) in [7, 11) is -1.16. The molecular weight excluding hydrogens is 313 g/mol. The second kappa shape index (κ2) is 10.4. The minimum absolute atomic E-state index is 0. The number of carbonyl (C=O) groups excluding carboxylic acids is 1. The van der Waals surface area contributed by atoms with E-state index in [1.165, 1.54) is 0 Å². The number of carboxylic acid groups (broad SMARTS) is 1. The Morgan fingerprint density at radius 1 is 1.19 bits per heavy atom. The Bertz CT molecular complexity index is 338. The molecule has 2 N–H and O–H groups in total. The van der Waals surface area contributed by atoms with Crippen LogP contribution in [0.2, 0.25) is 25.7 Å². The average molecular weight is 341 g/mol. The van der Waals surface area contributed by atoms with Gasteiger partial charge in [-0.05, 0) is 37.6 Å². The number of carbonyl (C=O) groups is 2. The van der Waals surface area contributed by atoms with E-state index in [0.717, 1.165) is 18.9 Å². The Morgan fingerprint density at radius 3 is 2.24 bits per heavy atom. The summed E-state index contributed by atoms with van der Waals surface area (Å²) >= 11 is 0. The zero-order chi connectivity index (χ0) is 15.2. The number of aliphatic carboxylic acids is 1. The van der Waals surface area contributed by atoms with Crippen molar-refractivity contribution in [3.05, 3.63) is 0 Å². The fourth-order valence-electron chi connectivity index (χ4n) is 2.34. The number of hydrogen-bond acceptors (Lipinski definition) is 3. The maximum atomic E-state index is 11.5. The first kappa shape index (κ1) is 21.6. The molecule has 7 heteroatoms. The largest absolute Gasteiger partial charge is 0.481 e. The average Bonchev–Trinajstić information content (AvgIpc) is 2.35. The van der Waals surface area contributed by atoms with Crippen molar-refractivity contribution in [2.24, 2.45) is 11.8 Å². The quantitative estimate of drug-likeness (QED) is 0.729. The fourth-order valence-corrected chi connectivity index (χ4v) is 3.06. The normalized spacial score (nSPS) is 22.0. The van der Waals surface area contributed by atoms with Gasteiger partial charge in [0, 0.05) is 66.0 Å². The maximum absolute atomic E-state index is 11.5. The molecular formula is C14H27KNO4Si. The van der Waals surface area contributed by atoms with E-state index in [1.807, 2.05) is 0 Å². The van der Waals surface area contributed by atoms with Crippen LogP contribution < -0.4 is 5.32 Å². The number of amides is 1. The Balaban J connectivity index is 0.00000400. The van der Waals surface area contributed by atoms with Crippen LogP contribution in [0.3, 0.4) is 0 Å². The topological polar surface area (TPSA) is 75.6 Å². The Morgan fingerprint density at radius 2 is 1.76 bits per heavy atom. The van der Waals surface area contributed by atoms with Gasteiger partial charge in [0.25, 0.3) is 0 Å². The molecule has 0 heterocycles. The molecule has 1 amide bonds. The summed E-state index contributed by atoms with van der Waals surface area (Å²) in [5, 5.41) is 11.7. The smallest absolute Gasteiger partial charge is 0.407 e. The van der Waals surface area contributed by atoms with Gasteiger partial charge in [-0.15, -0.1) is 0 Å². The van der Waals surface area contributed by atoms with Gasteiger partial charge in [-0.3, -0.25) is 4.79 Å². The number of ether oxygens (including phenoxy) is 1. The van der Waals surface area contributed by atoms with Crippen LogP contribution in [-0.2, 0) is 9.53 Å². The number of alkyl carbamates (subject to hydrolysis) is 1. The van der Waals surface area contributed by atoms with Crippen molar-refractivity contribution in [2.45, 2.75) is 51.4 Å². The summed E-state index contributed by atoms with van der Waals surface area (Å²) in [6.45, 7) is 7.82. The van der Waals surface area contributed by atoms with Gasteiger partial charge >= 0.3 is 12.1 Å². The molecule has 5 nitrogen and oxygen atoms in total. The van der Waals surface area contributed by atoms with Crippen molar-refractivity contribution in [3.8, 4) is 0 Å². The zero-order valence-electron chi connectivity index (χ0n) is 13.8. The van der Waals surface area contributed by atoms with Gasteiger partial charge in [-0.1, -0.05) is 19.6 Å². The molecule has 1 rings (SSSR count). The molecule has 0 aromatic carbocycles. The van der Waals surface area contributed by atoms with E-state index >= 15 is 0 Å². The van der Waals surface area contributed by atoms with Crippen LogP contribution in [0.25, 0.3) is 0 Å². The van der Waals surface area contributed by atoms with Crippen LogP contribution in [0.5, 0.6) is 0 Å². The van der Waals surface area contributed by atoms with Crippen LogP contribution >= 0.6 is 0 Å². The second-order valence-electron chi connectivity index (χ2n) is 6.88. The molecule has 1 fully saturated rings. The molecule has 0 aliphatic heterocycles. The Hall–Kier alpha value is 0.593. The fraction of sp³-hybridized carbons (Fsp3) is 0.857. The summed E-state index contributed by atoms with van der Waals surface area (Å²) < 4.78 is 5.16. The monoisotopic (exact) mass is 340 g/mol. The molecule has 0 spiro atoms. The van der Waals surface area contributed by atoms with Gasteiger partial charge in [0.05, 0.1) is 12.5 Å². The summed E-state index contributed by atoms with van der Waals surface area (Å²) in [6, 6.07) is 0.976. The van der Waals surface area contributed by atoms with Gasteiger partial charge in [0.2, 0.25) is 0 Å². The van der Waals surface area contributed by atoms with Gasteiger partial charge in [-0.2, -0.15) is 0 Å². The molecule has 0 saturated heterocycles. The molecule has 0 aromatic rings. The third-order valence-electron chi connectivity index (χ3n) is 3.82. The summed E-state index contributed by atoms with van der Waals surface area (Å²) in [4.78, 5) is 22.4. The van der Waals surface area contributed by atoms with Crippen molar-refractivity contribution in [3.63, 3.8) is 0 Å². The molecule has 0 atom stereocenters. The van der Waals surface area contributed by atoms with Crippen molar-refractivity contribution in [1.82, 2.24) is 5.32 Å². The molecule has 0 unspecified atom stereocenters. The van der Waals surface area contributed by atoms with Gasteiger partial charge < -0.3 is 15.2 Å². The van der Waals surface area contributed by atoms with Crippen LogP contribution in [-0.4, -0.2) is 89.8 Å². The first-order valence-electron chi connectivity index (χ1n) is 7.41. The molecule has 1 aliphatic carbocycles. The predicted molar refractivity (Wildman–Crippen MR) is 86.3 cm³/mol. The minimum Gasteiger partial charge on any atom is -0.481 e. The first-order valence-corrected chi connectivity index (χ1v) is 11.1. The van der Waals surface area contributed by atoms with E-state index in [4.69, 9.17) is 9.84 Å². The zero-order valence-corrected chi connectivity index (χ0v) is 17.9. The van der Waals surface area contributed by atoms with Crippen LogP contribution in [0.15, 0.2) is 0 Å². The second-order valence-corrected chi connectivity index (χ2v) is 12.5. The molecule has 21 heavy (non-hydrogen) atoms. The molecule has 1 radical (unpaired) electrons. The first-order chi connectivity index (χ1) is 9.28. The van der Waals surface area contributed by atoms with Crippen molar-refractivity contribution in [2.75, 3.05) is 13.2 Å². The van der Waals surface area contributed by atoms with E-state index in [-0.39, 0.29) is 63.4 Å². The molecule has 117 valence electrons. The van der Waals surface area contributed by atoms with Crippen molar-refractivity contribution >= 4 is 71.5 Å². The van der Waals surface area contributed by atoms with E-state index in [9.17, 15) is 9.59 Å². The third kappa shape index (κ3) is 10.1. The van der Waals surface area contributed by atoms with Gasteiger partial charge in [0.15, 0.2) is 0 Å². The minimum atomic E-state index is -1.16. The number of nitrogens with one attached hydrogen (secondary N) is 1. The summed E-state index contributed by atoms with van der Waals surface area (Å²) in [5.41, 5.74) is 0. The number of carboxylic acids is 1. The number of rotatable bonds is 6. The molecule has 0 bridgehead atoms. The third-order valence-corrected chi connectivity index (χ3v) is 5.52. The molecule has 1 aliphatic rings. The SMILES string of the molecule is C[Si](C)(C)CCOC(=O)NC[C@H]1CC[C@H](C(=O)O)CC1.[K]. The van der Waals surface area contributed by atoms with Gasteiger partial charge in [-0.25, -0.2) is 4.79 Å². The summed E-state index contributed by atoms with van der Waals surface area (Å²) in [6.07, 6.45) is 2.82. The van der Waals surface area contributed by atoms with E-state index in [0.29, 0.717) is 31.9 Å².